The molecule has 0 spiro atoms. The number of hydrogen-bond donors (Lipinski definition) is 2. The zero-order valence-electron chi connectivity index (χ0n) is 14.8. The second-order valence-corrected chi connectivity index (χ2v) is 5.62. The first-order valence-corrected chi connectivity index (χ1v) is 7.90. The summed E-state index contributed by atoms with van der Waals surface area (Å²) in [6.07, 6.45) is 0. The van der Waals surface area contributed by atoms with Gasteiger partial charge in [-0.15, -0.1) is 24.0 Å². The van der Waals surface area contributed by atoms with Crippen molar-refractivity contribution in [2.45, 2.75) is 20.0 Å². The molecule has 134 valence electrons. The summed E-state index contributed by atoms with van der Waals surface area (Å²) in [7, 11) is 3.79. The summed E-state index contributed by atoms with van der Waals surface area (Å²) in [5.74, 6) is 0.752. The molecule has 0 aliphatic rings. The minimum atomic E-state index is -0.0708. The van der Waals surface area contributed by atoms with Gasteiger partial charge in [0.1, 0.15) is 0 Å². The Balaban J connectivity index is 0.00000312. The van der Waals surface area contributed by atoms with E-state index in [2.05, 4.69) is 32.7 Å². The molecule has 0 fully saturated rings. The molecule has 2 rings (SSSR count). The van der Waals surface area contributed by atoms with Gasteiger partial charge in [-0.25, -0.2) is 0 Å². The van der Waals surface area contributed by atoms with Crippen LogP contribution in [0.25, 0.3) is 0 Å². The molecule has 5 nitrogen and oxygen atoms in total. The fraction of sp³-hybridized carbons (Fsp3) is 0.263. The van der Waals surface area contributed by atoms with Crippen molar-refractivity contribution < 1.29 is 4.79 Å². The van der Waals surface area contributed by atoms with Gasteiger partial charge >= 0.3 is 0 Å². The highest BCUT2D eigenvalue weighted by atomic mass is 127. The lowest BCUT2D eigenvalue weighted by Gasteiger charge is -2.22. The Labute approximate surface area is 166 Å². The summed E-state index contributed by atoms with van der Waals surface area (Å²) < 4.78 is 0. The number of nitrogens with one attached hydrogen (secondary N) is 2. The highest BCUT2D eigenvalue weighted by Crippen LogP contribution is 2.10. The fourth-order valence-electron chi connectivity index (χ4n) is 2.46. The minimum Gasteiger partial charge on any atom is -0.352 e. The van der Waals surface area contributed by atoms with Crippen molar-refractivity contribution >= 4 is 41.5 Å². The van der Waals surface area contributed by atoms with Crippen molar-refractivity contribution in [2.75, 3.05) is 19.4 Å². The molecule has 0 saturated carbocycles. The molecule has 0 atom stereocenters. The molecular weight excluding hydrogens is 427 g/mol. The first-order valence-electron chi connectivity index (χ1n) is 7.90. The number of carbonyl (C=O) groups is 1. The SMILES string of the molecule is CN=C(NCc1cccc(NC(C)=O)c1)N(C)Cc1ccccc1.I. The van der Waals surface area contributed by atoms with Gasteiger partial charge in [0, 0.05) is 39.8 Å². The average molecular weight is 452 g/mol. The lowest BCUT2D eigenvalue weighted by Crippen LogP contribution is -2.38. The lowest BCUT2D eigenvalue weighted by atomic mass is 10.2. The van der Waals surface area contributed by atoms with Gasteiger partial charge < -0.3 is 15.5 Å². The van der Waals surface area contributed by atoms with Crippen molar-refractivity contribution in [1.29, 1.82) is 0 Å². The van der Waals surface area contributed by atoms with E-state index in [1.54, 1.807) is 7.05 Å². The summed E-state index contributed by atoms with van der Waals surface area (Å²) in [4.78, 5) is 17.6. The first kappa shape index (κ1) is 21.0. The van der Waals surface area contributed by atoms with Crippen LogP contribution in [0.3, 0.4) is 0 Å². The second-order valence-electron chi connectivity index (χ2n) is 5.62. The molecule has 0 saturated heterocycles. The lowest BCUT2D eigenvalue weighted by molar-refractivity contribution is -0.114. The molecule has 25 heavy (non-hydrogen) atoms. The molecule has 1 amide bonds. The Morgan fingerprint density at radius 1 is 1.08 bits per heavy atom. The van der Waals surface area contributed by atoms with Crippen LogP contribution in [-0.2, 0) is 17.9 Å². The van der Waals surface area contributed by atoms with Crippen LogP contribution in [0.5, 0.6) is 0 Å². The Hall–Kier alpha value is -2.09. The number of benzene rings is 2. The van der Waals surface area contributed by atoms with Crippen molar-refractivity contribution in [3.8, 4) is 0 Å². The second kappa shape index (κ2) is 10.7. The van der Waals surface area contributed by atoms with Crippen molar-refractivity contribution in [2.24, 2.45) is 4.99 Å². The zero-order valence-corrected chi connectivity index (χ0v) is 17.2. The van der Waals surface area contributed by atoms with Crippen molar-refractivity contribution in [3.63, 3.8) is 0 Å². The highest BCUT2D eigenvalue weighted by molar-refractivity contribution is 14.0. The van der Waals surface area contributed by atoms with Crippen LogP contribution in [-0.4, -0.2) is 30.9 Å². The number of halogens is 1. The van der Waals surface area contributed by atoms with Gasteiger partial charge in [-0.2, -0.15) is 0 Å². The fourth-order valence-corrected chi connectivity index (χ4v) is 2.46. The molecule has 0 aliphatic carbocycles. The smallest absolute Gasteiger partial charge is 0.221 e. The summed E-state index contributed by atoms with van der Waals surface area (Å²) in [5.41, 5.74) is 3.11. The molecule has 0 bridgehead atoms. The maximum Gasteiger partial charge on any atom is 0.221 e. The van der Waals surface area contributed by atoms with Crippen LogP contribution in [0.2, 0.25) is 0 Å². The largest absolute Gasteiger partial charge is 0.352 e. The molecule has 0 heterocycles. The standard InChI is InChI=1S/C19H24N4O.HI/c1-15(24)22-18-11-7-10-17(12-18)13-21-19(20-2)23(3)14-16-8-5-4-6-9-16;/h4-12H,13-14H2,1-3H3,(H,20,21)(H,22,24);1H. The van der Waals surface area contributed by atoms with Crippen LogP contribution in [0.1, 0.15) is 18.1 Å². The van der Waals surface area contributed by atoms with E-state index in [0.717, 1.165) is 23.8 Å². The number of carbonyl (C=O) groups excluding carboxylic acids is 1. The monoisotopic (exact) mass is 452 g/mol. The van der Waals surface area contributed by atoms with Crippen molar-refractivity contribution in [3.05, 3.63) is 65.7 Å². The zero-order chi connectivity index (χ0) is 17.4. The minimum absolute atomic E-state index is 0. The van der Waals surface area contributed by atoms with Gasteiger partial charge in [-0.3, -0.25) is 9.79 Å². The Morgan fingerprint density at radius 2 is 1.76 bits per heavy atom. The third-order valence-corrected chi connectivity index (χ3v) is 3.53. The van der Waals surface area contributed by atoms with Gasteiger partial charge in [-0.1, -0.05) is 42.5 Å². The summed E-state index contributed by atoms with van der Waals surface area (Å²) in [6.45, 7) is 2.93. The van der Waals surface area contributed by atoms with E-state index in [9.17, 15) is 4.79 Å². The van der Waals surface area contributed by atoms with E-state index < -0.39 is 0 Å². The average Bonchev–Trinajstić information content (AvgIpc) is 2.56. The van der Waals surface area contributed by atoms with Crippen LogP contribution in [0.15, 0.2) is 59.6 Å². The van der Waals surface area contributed by atoms with Crippen LogP contribution in [0.4, 0.5) is 5.69 Å². The van der Waals surface area contributed by atoms with E-state index >= 15 is 0 Å². The number of rotatable bonds is 5. The molecule has 2 aromatic rings. The maximum atomic E-state index is 11.1. The van der Waals surface area contributed by atoms with E-state index in [1.807, 2.05) is 49.5 Å². The van der Waals surface area contributed by atoms with Gasteiger partial charge in [0.05, 0.1) is 0 Å². The molecule has 0 aliphatic heterocycles. The first-order chi connectivity index (χ1) is 11.6. The predicted molar refractivity (Wildman–Crippen MR) is 114 cm³/mol. The molecule has 0 unspecified atom stereocenters. The topological polar surface area (TPSA) is 56.7 Å². The number of guanidine groups is 1. The van der Waals surface area contributed by atoms with E-state index in [-0.39, 0.29) is 29.9 Å². The van der Waals surface area contributed by atoms with E-state index in [4.69, 9.17) is 0 Å². The van der Waals surface area contributed by atoms with E-state index in [1.165, 1.54) is 12.5 Å². The predicted octanol–water partition coefficient (Wildman–Crippen LogP) is 3.47. The van der Waals surface area contributed by atoms with Gasteiger partial charge in [0.15, 0.2) is 5.96 Å². The van der Waals surface area contributed by atoms with E-state index in [0.29, 0.717) is 6.54 Å². The molecule has 2 N–H and O–H groups in total. The number of nitrogens with zero attached hydrogens (tertiary/aromatic N) is 2. The Morgan fingerprint density at radius 3 is 2.40 bits per heavy atom. The third-order valence-electron chi connectivity index (χ3n) is 3.53. The molecule has 0 radical (unpaired) electrons. The highest BCUT2D eigenvalue weighted by Gasteiger charge is 2.06. The normalized spacial score (nSPS) is 10.6. The van der Waals surface area contributed by atoms with Crippen LogP contribution >= 0.6 is 24.0 Å². The summed E-state index contributed by atoms with van der Waals surface area (Å²) in [5, 5.41) is 6.14. The molecular formula is C19H25IN4O. The summed E-state index contributed by atoms with van der Waals surface area (Å²) in [6, 6.07) is 18.1. The third kappa shape index (κ3) is 7.13. The maximum absolute atomic E-state index is 11.1. The van der Waals surface area contributed by atoms with Crippen LogP contribution in [0, 0.1) is 0 Å². The molecule has 0 aromatic heterocycles. The quantitative estimate of drug-likeness (QED) is 0.415. The van der Waals surface area contributed by atoms with Crippen LogP contribution < -0.4 is 10.6 Å². The number of hydrogen-bond acceptors (Lipinski definition) is 2. The number of aliphatic imine (C=N–C) groups is 1. The Bertz CT molecular complexity index is 704. The van der Waals surface area contributed by atoms with Gasteiger partial charge in [-0.05, 0) is 23.3 Å². The van der Waals surface area contributed by atoms with Crippen molar-refractivity contribution in [1.82, 2.24) is 10.2 Å². The Kier molecular flexibility index (Phi) is 8.98. The molecule has 2 aromatic carbocycles. The molecule has 6 heteroatoms. The number of anilines is 1. The summed E-state index contributed by atoms with van der Waals surface area (Å²) >= 11 is 0. The van der Waals surface area contributed by atoms with Gasteiger partial charge in [0.25, 0.3) is 0 Å². The number of amides is 1. The van der Waals surface area contributed by atoms with Gasteiger partial charge in [0.2, 0.25) is 5.91 Å².